The van der Waals surface area contributed by atoms with Crippen molar-refractivity contribution in [2.24, 2.45) is 0 Å². The van der Waals surface area contributed by atoms with Crippen LogP contribution in [0.3, 0.4) is 0 Å². The third-order valence-electron chi connectivity index (χ3n) is 10.9. The number of anilines is 3. The molecular weight excluding hydrogens is 671 g/mol. The molecule has 0 fully saturated rings. The van der Waals surface area contributed by atoms with Crippen LogP contribution in [-0.4, -0.2) is 0 Å². The third-order valence-corrected chi connectivity index (χ3v) is 10.9. The van der Waals surface area contributed by atoms with Crippen molar-refractivity contribution in [3.8, 4) is 33.4 Å². The maximum absolute atomic E-state index is 6.72. The molecule has 0 aliphatic carbocycles. The Balaban J connectivity index is 0.991. The van der Waals surface area contributed by atoms with E-state index in [2.05, 4.69) is 187 Å². The highest BCUT2D eigenvalue weighted by molar-refractivity contribution is 6.19. The van der Waals surface area contributed by atoms with Gasteiger partial charge in [-0.3, -0.25) is 0 Å². The van der Waals surface area contributed by atoms with Gasteiger partial charge in [-0.15, -0.1) is 0 Å². The first-order valence-electron chi connectivity index (χ1n) is 18.7. The molecule has 0 amide bonds. The van der Waals surface area contributed by atoms with Crippen LogP contribution in [0, 0.1) is 0 Å². The molecule has 3 heteroatoms. The Bertz CT molecular complexity index is 3180. The fourth-order valence-electron chi connectivity index (χ4n) is 8.24. The first-order chi connectivity index (χ1) is 27.3. The minimum Gasteiger partial charge on any atom is -0.456 e. The van der Waals surface area contributed by atoms with Gasteiger partial charge >= 0.3 is 0 Å². The predicted molar refractivity (Wildman–Crippen MR) is 229 cm³/mol. The van der Waals surface area contributed by atoms with Gasteiger partial charge < -0.3 is 13.7 Å². The third kappa shape index (κ3) is 5.20. The van der Waals surface area contributed by atoms with Gasteiger partial charge in [0.2, 0.25) is 0 Å². The van der Waals surface area contributed by atoms with Crippen LogP contribution in [0.2, 0.25) is 0 Å². The quantitative estimate of drug-likeness (QED) is 0.173. The predicted octanol–water partition coefficient (Wildman–Crippen LogP) is 15.1. The lowest BCUT2D eigenvalue weighted by molar-refractivity contribution is 0.669. The molecule has 55 heavy (non-hydrogen) atoms. The van der Waals surface area contributed by atoms with Crippen LogP contribution in [0.1, 0.15) is 0 Å². The Morgan fingerprint density at radius 2 is 0.891 bits per heavy atom. The first kappa shape index (κ1) is 31.2. The van der Waals surface area contributed by atoms with Crippen molar-refractivity contribution >= 4 is 71.7 Å². The van der Waals surface area contributed by atoms with Crippen molar-refractivity contribution in [3.63, 3.8) is 0 Å². The zero-order valence-electron chi connectivity index (χ0n) is 29.8. The highest BCUT2D eigenvalue weighted by Crippen LogP contribution is 2.44. The number of rotatable bonds is 6. The minimum absolute atomic E-state index is 0.872. The minimum atomic E-state index is 0.872. The van der Waals surface area contributed by atoms with E-state index >= 15 is 0 Å². The summed E-state index contributed by atoms with van der Waals surface area (Å²) >= 11 is 0. The molecule has 0 saturated heterocycles. The van der Waals surface area contributed by atoms with Crippen molar-refractivity contribution in [1.29, 1.82) is 0 Å². The summed E-state index contributed by atoms with van der Waals surface area (Å²) in [4.78, 5) is 2.31. The van der Waals surface area contributed by atoms with Crippen molar-refractivity contribution < 1.29 is 8.83 Å². The summed E-state index contributed by atoms with van der Waals surface area (Å²) in [5.74, 6) is 0. The smallest absolute Gasteiger partial charge is 0.143 e. The number of benzene rings is 9. The van der Waals surface area contributed by atoms with E-state index in [1.165, 1.54) is 27.6 Å². The van der Waals surface area contributed by atoms with E-state index in [4.69, 9.17) is 8.83 Å². The van der Waals surface area contributed by atoms with Gasteiger partial charge in [0.05, 0.1) is 11.1 Å². The van der Waals surface area contributed by atoms with Crippen LogP contribution >= 0.6 is 0 Å². The lowest BCUT2D eigenvalue weighted by Crippen LogP contribution is -2.10. The molecule has 0 atom stereocenters. The van der Waals surface area contributed by atoms with Crippen LogP contribution in [-0.2, 0) is 0 Å². The largest absolute Gasteiger partial charge is 0.456 e. The molecule has 258 valence electrons. The molecule has 0 aliphatic heterocycles. The van der Waals surface area contributed by atoms with Gasteiger partial charge in [-0.1, -0.05) is 140 Å². The molecule has 2 aromatic heterocycles. The summed E-state index contributed by atoms with van der Waals surface area (Å²) in [5, 5.41) is 6.73. The van der Waals surface area contributed by atoms with E-state index in [0.29, 0.717) is 0 Å². The molecule has 0 N–H and O–H groups in total. The summed E-state index contributed by atoms with van der Waals surface area (Å²) in [6.45, 7) is 0. The Kier molecular flexibility index (Phi) is 7.17. The normalized spacial score (nSPS) is 11.6. The van der Waals surface area contributed by atoms with Gasteiger partial charge in [0.25, 0.3) is 0 Å². The standard InChI is InChI=1S/C52H33NO2/c1-3-12-34(13-4-1)35-22-24-37(25-23-35)45-33-46-42-31-28-38(32-50(42)55-52(46)43-17-8-7-16-41(43)45)36-26-29-40(30-27-36)53(39-14-5-2-6-15-39)47-19-11-21-49-51(47)44-18-9-10-20-48(44)54-49/h1-33H. The van der Waals surface area contributed by atoms with Crippen molar-refractivity contribution in [1.82, 2.24) is 0 Å². The first-order valence-corrected chi connectivity index (χ1v) is 18.7. The second-order valence-corrected chi connectivity index (χ2v) is 14.1. The van der Waals surface area contributed by atoms with Crippen LogP contribution in [0.25, 0.3) is 88.0 Å². The lowest BCUT2D eigenvalue weighted by Gasteiger charge is -2.26. The van der Waals surface area contributed by atoms with Gasteiger partial charge in [-0.25, -0.2) is 0 Å². The number of hydrogen-bond acceptors (Lipinski definition) is 3. The number of para-hydroxylation sites is 2. The maximum Gasteiger partial charge on any atom is 0.143 e. The molecule has 0 bridgehead atoms. The molecule has 2 heterocycles. The van der Waals surface area contributed by atoms with Crippen LogP contribution in [0.5, 0.6) is 0 Å². The SMILES string of the molecule is c1ccc(-c2ccc(-c3cc4c5ccc(-c6ccc(N(c7ccccc7)c7cccc8oc9ccccc9c78)cc6)cc5oc4c4ccccc34)cc2)cc1. The Morgan fingerprint density at radius 1 is 0.309 bits per heavy atom. The Hall–Kier alpha value is -7.36. The van der Waals surface area contributed by atoms with E-state index in [1.54, 1.807) is 0 Å². The van der Waals surface area contributed by atoms with Crippen LogP contribution in [0.15, 0.2) is 209 Å². The molecule has 0 aliphatic rings. The van der Waals surface area contributed by atoms with Crippen molar-refractivity contribution in [3.05, 3.63) is 200 Å². The zero-order chi connectivity index (χ0) is 36.3. The second kappa shape index (κ2) is 12.6. The summed E-state index contributed by atoms with van der Waals surface area (Å²) in [6.07, 6.45) is 0. The molecule has 11 aromatic rings. The van der Waals surface area contributed by atoms with E-state index in [0.717, 1.165) is 77.5 Å². The van der Waals surface area contributed by atoms with Crippen molar-refractivity contribution in [2.45, 2.75) is 0 Å². The number of nitrogens with zero attached hydrogens (tertiary/aromatic N) is 1. The van der Waals surface area contributed by atoms with Crippen LogP contribution in [0.4, 0.5) is 17.1 Å². The van der Waals surface area contributed by atoms with Gasteiger partial charge in [0.15, 0.2) is 0 Å². The molecule has 0 radical (unpaired) electrons. The molecule has 0 saturated carbocycles. The Morgan fingerprint density at radius 3 is 1.69 bits per heavy atom. The van der Waals surface area contributed by atoms with Gasteiger partial charge in [-0.05, 0) is 99.4 Å². The van der Waals surface area contributed by atoms with Gasteiger partial charge in [0.1, 0.15) is 22.3 Å². The number of fused-ring (bicyclic) bond motifs is 8. The Labute approximate surface area is 317 Å². The topological polar surface area (TPSA) is 29.5 Å². The average molecular weight is 704 g/mol. The van der Waals surface area contributed by atoms with E-state index < -0.39 is 0 Å². The monoisotopic (exact) mass is 703 g/mol. The molecule has 11 rings (SSSR count). The maximum atomic E-state index is 6.72. The van der Waals surface area contributed by atoms with Gasteiger partial charge in [0, 0.05) is 32.9 Å². The fourth-order valence-corrected chi connectivity index (χ4v) is 8.24. The van der Waals surface area contributed by atoms with Crippen LogP contribution < -0.4 is 4.90 Å². The highest BCUT2D eigenvalue weighted by Gasteiger charge is 2.20. The summed E-state index contributed by atoms with van der Waals surface area (Å²) in [7, 11) is 0. The lowest BCUT2D eigenvalue weighted by atomic mass is 9.94. The molecule has 9 aromatic carbocycles. The fraction of sp³-hybridized carbons (Fsp3) is 0. The summed E-state index contributed by atoms with van der Waals surface area (Å²) in [6, 6.07) is 70.8. The zero-order valence-corrected chi connectivity index (χ0v) is 29.8. The number of furan rings is 2. The molecule has 0 spiro atoms. The number of hydrogen-bond donors (Lipinski definition) is 0. The average Bonchev–Trinajstić information content (AvgIpc) is 3.83. The highest BCUT2D eigenvalue weighted by atomic mass is 16.3. The van der Waals surface area contributed by atoms with Crippen molar-refractivity contribution in [2.75, 3.05) is 4.90 Å². The second-order valence-electron chi connectivity index (χ2n) is 14.1. The van der Waals surface area contributed by atoms with E-state index in [9.17, 15) is 0 Å². The van der Waals surface area contributed by atoms with E-state index in [1.807, 2.05) is 18.2 Å². The molecule has 3 nitrogen and oxygen atoms in total. The van der Waals surface area contributed by atoms with E-state index in [-0.39, 0.29) is 0 Å². The summed E-state index contributed by atoms with van der Waals surface area (Å²) < 4.78 is 13.0. The molecule has 0 unspecified atom stereocenters. The molecular formula is C52H33NO2. The summed E-state index contributed by atoms with van der Waals surface area (Å²) in [5.41, 5.74) is 13.8. The van der Waals surface area contributed by atoms with Gasteiger partial charge in [-0.2, -0.15) is 0 Å².